The van der Waals surface area contributed by atoms with Crippen molar-refractivity contribution in [3.05, 3.63) is 34.9 Å². The zero-order chi connectivity index (χ0) is 12.4. The van der Waals surface area contributed by atoms with Gasteiger partial charge in [-0.2, -0.15) is 0 Å². The Labute approximate surface area is 108 Å². The molecule has 1 saturated heterocycles. The fraction of sp³-hybridized carbons (Fsp3) is 0.571. The van der Waals surface area contributed by atoms with E-state index in [1.165, 1.54) is 5.56 Å². The Morgan fingerprint density at radius 2 is 2.06 bits per heavy atom. The number of nitrogens with zero attached hydrogens (tertiary/aromatic N) is 1. The van der Waals surface area contributed by atoms with Crippen LogP contribution in [0.2, 0.25) is 5.02 Å². The second kappa shape index (κ2) is 5.38. The third-order valence-corrected chi connectivity index (χ3v) is 4.19. The Morgan fingerprint density at radius 1 is 1.35 bits per heavy atom. The number of halogens is 1. The molecule has 2 rings (SSSR count). The molecule has 1 N–H and O–H groups in total. The van der Waals surface area contributed by atoms with Gasteiger partial charge in [0, 0.05) is 17.6 Å². The Kier molecular flexibility index (Phi) is 4.08. The van der Waals surface area contributed by atoms with Gasteiger partial charge in [-0.25, -0.2) is 0 Å². The van der Waals surface area contributed by atoms with Gasteiger partial charge in [0.25, 0.3) is 0 Å². The summed E-state index contributed by atoms with van der Waals surface area (Å²) in [5.41, 5.74) is 1.18. The van der Waals surface area contributed by atoms with E-state index < -0.39 is 0 Å². The van der Waals surface area contributed by atoms with Crippen molar-refractivity contribution in [3.8, 4) is 0 Å². The second-order valence-corrected chi connectivity index (χ2v) is 5.39. The number of likely N-dealkylation sites (tertiary alicyclic amines) is 1. The van der Waals surface area contributed by atoms with E-state index in [4.69, 9.17) is 11.6 Å². The average Bonchev–Trinajstić information content (AvgIpc) is 2.78. The molecule has 1 aromatic rings. The Bertz CT molecular complexity index is 380. The number of rotatable bonds is 3. The van der Waals surface area contributed by atoms with Crippen LogP contribution in [0.25, 0.3) is 0 Å². The highest BCUT2D eigenvalue weighted by molar-refractivity contribution is 6.31. The van der Waals surface area contributed by atoms with Gasteiger partial charge in [-0.3, -0.25) is 4.90 Å². The van der Waals surface area contributed by atoms with Crippen LogP contribution in [0.4, 0.5) is 0 Å². The lowest BCUT2D eigenvalue weighted by Crippen LogP contribution is -2.27. The van der Waals surface area contributed by atoms with Gasteiger partial charge >= 0.3 is 0 Å². The van der Waals surface area contributed by atoms with E-state index in [2.05, 4.69) is 17.9 Å². The highest BCUT2D eigenvalue weighted by Gasteiger charge is 2.29. The SMILES string of the molecule is CC(O)C1CCN(C(C)c2ccccc2Cl)C1. The molecule has 0 spiro atoms. The van der Waals surface area contributed by atoms with E-state index in [1.807, 2.05) is 25.1 Å². The first-order valence-electron chi connectivity index (χ1n) is 6.26. The Balaban J connectivity index is 2.07. The third-order valence-electron chi connectivity index (χ3n) is 3.84. The zero-order valence-electron chi connectivity index (χ0n) is 10.4. The molecule has 1 aliphatic heterocycles. The molecular formula is C14H20ClNO. The zero-order valence-corrected chi connectivity index (χ0v) is 11.2. The summed E-state index contributed by atoms with van der Waals surface area (Å²) < 4.78 is 0. The van der Waals surface area contributed by atoms with Crippen molar-refractivity contribution in [2.24, 2.45) is 5.92 Å². The van der Waals surface area contributed by atoms with Gasteiger partial charge in [0.2, 0.25) is 0 Å². The van der Waals surface area contributed by atoms with Crippen molar-refractivity contribution >= 4 is 11.6 Å². The quantitative estimate of drug-likeness (QED) is 0.895. The lowest BCUT2D eigenvalue weighted by molar-refractivity contribution is 0.123. The summed E-state index contributed by atoms with van der Waals surface area (Å²) in [6.45, 7) is 6.08. The minimum absolute atomic E-state index is 0.210. The highest BCUT2D eigenvalue weighted by Crippen LogP contribution is 2.32. The van der Waals surface area contributed by atoms with Crippen molar-refractivity contribution in [1.29, 1.82) is 0 Å². The van der Waals surface area contributed by atoms with Crippen LogP contribution in [-0.4, -0.2) is 29.2 Å². The van der Waals surface area contributed by atoms with Gasteiger partial charge in [0.15, 0.2) is 0 Å². The van der Waals surface area contributed by atoms with Crippen LogP contribution >= 0.6 is 11.6 Å². The summed E-state index contributed by atoms with van der Waals surface area (Å²) >= 11 is 6.22. The summed E-state index contributed by atoms with van der Waals surface area (Å²) in [6, 6.07) is 8.34. The molecule has 3 atom stereocenters. The number of aliphatic hydroxyl groups excluding tert-OH is 1. The summed E-state index contributed by atoms with van der Waals surface area (Å²) in [5.74, 6) is 0.403. The number of hydrogen-bond donors (Lipinski definition) is 1. The van der Waals surface area contributed by atoms with Gasteiger partial charge < -0.3 is 5.11 Å². The number of hydrogen-bond acceptors (Lipinski definition) is 2. The van der Waals surface area contributed by atoms with Crippen LogP contribution in [0, 0.1) is 5.92 Å². The van der Waals surface area contributed by atoms with Crippen LogP contribution in [0.3, 0.4) is 0 Å². The fourth-order valence-corrected chi connectivity index (χ4v) is 2.87. The van der Waals surface area contributed by atoms with E-state index in [-0.39, 0.29) is 6.10 Å². The van der Waals surface area contributed by atoms with E-state index in [9.17, 15) is 5.11 Å². The van der Waals surface area contributed by atoms with Gasteiger partial charge in [-0.05, 0) is 44.4 Å². The number of aliphatic hydroxyl groups is 1. The summed E-state index contributed by atoms with van der Waals surface area (Å²) in [6.07, 6.45) is 0.866. The minimum atomic E-state index is -0.210. The van der Waals surface area contributed by atoms with Crippen LogP contribution < -0.4 is 0 Å². The average molecular weight is 254 g/mol. The van der Waals surface area contributed by atoms with Crippen molar-refractivity contribution in [1.82, 2.24) is 4.90 Å². The number of benzene rings is 1. The molecular weight excluding hydrogens is 234 g/mol. The molecule has 0 amide bonds. The minimum Gasteiger partial charge on any atom is -0.393 e. The molecule has 0 aliphatic carbocycles. The van der Waals surface area contributed by atoms with Crippen LogP contribution in [-0.2, 0) is 0 Å². The molecule has 0 bridgehead atoms. The molecule has 0 saturated carbocycles. The maximum Gasteiger partial charge on any atom is 0.0552 e. The van der Waals surface area contributed by atoms with Crippen LogP contribution in [0.1, 0.15) is 31.9 Å². The highest BCUT2D eigenvalue weighted by atomic mass is 35.5. The van der Waals surface area contributed by atoms with Crippen molar-refractivity contribution < 1.29 is 5.11 Å². The second-order valence-electron chi connectivity index (χ2n) is 4.98. The summed E-state index contributed by atoms with van der Waals surface area (Å²) in [4.78, 5) is 2.40. The lowest BCUT2D eigenvalue weighted by atomic mass is 10.0. The summed E-state index contributed by atoms with van der Waals surface area (Å²) in [7, 11) is 0. The molecule has 94 valence electrons. The van der Waals surface area contributed by atoms with Gasteiger partial charge in [0.1, 0.15) is 0 Å². The third kappa shape index (κ3) is 2.82. The van der Waals surface area contributed by atoms with Gasteiger partial charge in [-0.1, -0.05) is 29.8 Å². The monoisotopic (exact) mass is 253 g/mol. The Hall–Kier alpha value is -0.570. The largest absolute Gasteiger partial charge is 0.393 e. The van der Waals surface area contributed by atoms with Crippen molar-refractivity contribution in [2.75, 3.05) is 13.1 Å². The first-order chi connectivity index (χ1) is 8.09. The molecule has 17 heavy (non-hydrogen) atoms. The fourth-order valence-electron chi connectivity index (χ4n) is 2.57. The molecule has 3 heteroatoms. The van der Waals surface area contributed by atoms with Gasteiger partial charge in [0.05, 0.1) is 6.10 Å². The molecule has 0 aromatic heterocycles. The van der Waals surface area contributed by atoms with E-state index in [0.717, 1.165) is 24.5 Å². The first-order valence-corrected chi connectivity index (χ1v) is 6.64. The van der Waals surface area contributed by atoms with Crippen LogP contribution in [0.15, 0.2) is 24.3 Å². The maximum absolute atomic E-state index is 9.62. The molecule has 2 nitrogen and oxygen atoms in total. The molecule has 1 fully saturated rings. The predicted molar refractivity (Wildman–Crippen MR) is 71.2 cm³/mol. The van der Waals surface area contributed by atoms with E-state index in [0.29, 0.717) is 12.0 Å². The molecule has 0 radical (unpaired) electrons. The summed E-state index contributed by atoms with van der Waals surface area (Å²) in [5, 5.41) is 10.5. The topological polar surface area (TPSA) is 23.5 Å². The lowest BCUT2D eigenvalue weighted by Gasteiger charge is -2.26. The van der Waals surface area contributed by atoms with Crippen molar-refractivity contribution in [3.63, 3.8) is 0 Å². The standard InChI is InChI=1S/C14H20ClNO/c1-10(13-5-3-4-6-14(13)15)16-8-7-12(9-16)11(2)17/h3-6,10-12,17H,7-9H2,1-2H3. The maximum atomic E-state index is 9.62. The molecule has 1 aliphatic rings. The smallest absolute Gasteiger partial charge is 0.0552 e. The van der Waals surface area contributed by atoms with Gasteiger partial charge in [-0.15, -0.1) is 0 Å². The molecule has 3 unspecified atom stereocenters. The molecule has 1 heterocycles. The first kappa shape index (κ1) is 12.9. The van der Waals surface area contributed by atoms with E-state index in [1.54, 1.807) is 0 Å². The molecule has 1 aromatic carbocycles. The van der Waals surface area contributed by atoms with Crippen LogP contribution in [0.5, 0.6) is 0 Å². The normalized spacial score (nSPS) is 24.8. The Morgan fingerprint density at radius 3 is 2.65 bits per heavy atom. The predicted octanol–water partition coefficient (Wildman–Crippen LogP) is 3.10. The van der Waals surface area contributed by atoms with Crippen molar-refractivity contribution in [2.45, 2.75) is 32.4 Å². The van der Waals surface area contributed by atoms with E-state index >= 15 is 0 Å².